The van der Waals surface area contributed by atoms with Crippen LogP contribution < -0.4 is 15.8 Å². The average Bonchev–Trinajstić information content (AvgIpc) is 3.10. The van der Waals surface area contributed by atoms with Crippen LogP contribution in [0.3, 0.4) is 0 Å². The zero-order valence-electron chi connectivity index (χ0n) is 13.6. The van der Waals surface area contributed by atoms with E-state index in [4.69, 9.17) is 0 Å². The van der Waals surface area contributed by atoms with Crippen LogP contribution in [-0.2, 0) is 4.79 Å². The summed E-state index contributed by atoms with van der Waals surface area (Å²) in [5.41, 5.74) is 0.328. The summed E-state index contributed by atoms with van der Waals surface area (Å²) in [6, 6.07) is 3.80. The van der Waals surface area contributed by atoms with E-state index < -0.39 is 24.7 Å². The number of carbonyl (C=O) groups excluding carboxylic acids is 1. The van der Waals surface area contributed by atoms with Gasteiger partial charge in [-0.15, -0.1) is 0 Å². The van der Waals surface area contributed by atoms with Crippen molar-refractivity contribution in [3.8, 4) is 11.4 Å². The minimum absolute atomic E-state index is 0.258. The molecule has 1 saturated heterocycles. The Morgan fingerprint density at radius 1 is 1.35 bits per heavy atom. The number of nitrogens with one attached hydrogen (secondary N) is 2. The predicted molar refractivity (Wildman–Crippen MR) is 87.5 cm³/mol. The van der Waals surface area contributed by atoms with Crippen molar-refractivity contribution in [2.75, 3.05) is 18.0 Å². The van der Waals surface area contributed by atoms with E-state index in [1.54, 1.807) is 17.0 Å². The molecule has 0 spiro atoms. The van der Waals surface area contributed by atoms with Crippen molar-refractivity contribution in [2.24, 2.45) is 0 Å². The third-order valence-electron chi connectivity index (χ3n) is 4.00. The van der Waals surface area contributed by atoms with Crippen LogP contribution in [0.5, 0.6) is 0 Å². The molecule has 0 aliphatic carbocycles. The van der Waals surface area contributed by atoms with Crippen LogP contribution in [0.25, 0.3) is 11.4 Å². The van der Waals surface area contributed by atoms with Crippen LogP contribution in [0.4, 0.5) is 19.0 Å². The number of aromatic amines is 1. The molecular weight excluding hydrogens is 351 g/mol. The van der Waals surface area contributed by atoms with Gasteiger partial charge in [-0.25, -0.2) is 9.97 Å². The number of aromatic nitrogens is 3. The van der Waals surface area contributed by atoms with Crippen LogP contribution in [0, 0.1) is 0 Å². The third-order valence-corrected chi connectivity index (χ3v) is 4.00. The van der Waals surface area contributed by atoms with Crippen LogP contribution in [0.2, 0.25) is 0 Å². The van der Waals surface area contributed by atoms with Crippen molar-refractivity contribution in [1.29, 1.82) is 0 Å². The van der Waals surface area contributed by atoms with Gasteiger partial charge in [0.25, 0.3) is 0 Å². The molecule has 3 heterocycles. The molecule has 1 aliphatic heterocycles. The van der Waals surface area contributed by atoms with Crippen molar-refractivity contribution < 1.29 is 18.0 Å². The molecule has 10 heteroatoms. The van der Waals surface area contributed by atoms with Crippen LogP contribution >= 0.6 is 0 Å². The maximum atomic E-state index is 12.3. The van der Waals surface area contributed by atoms with Crippen molar-refractivity contribution in [2.45, 2.75) is 25.1 Å². The fraction of sp³-hybridized carbons (Fsp3) is 0.375. The topological polar surface area (TPSA) is 91.0 Å². The van der Waals surface area contributed by atoms with Gasteiger partial charge in [-0.05, 0) is 25.0 Å². The van der Waals surface area contributed by atoms with E-state index in [2.05, 4.69) is 15.0 Å². The van der Waals surface area contributed by atoms with E-state index in [1.165, 1.54) is 18.5 Å². The van der Waals surface area contributed by atoms with Gasteiger partial charge >= 0.3 is 6.18 Å². The molecule has 2 aromatic heterocycles. The predicted octanol–water partition coefficient (Wildman–Crippen LogP) is 1.48. The van der Waals surface area contributed by atoms with E-state index in [0.717, 1.165) is 0 Å². The summed E-state index contributed by atoms with van der Waals surface area (Å²) in [4.78, 5) is 36.0. The molecule has 0 saturated carbocycles. The lowest BCUT2D eigenvalue weighted by Crippen LogP contribution is -2.46. The minimum Gasteiger partial charge on any atom is -0.345 e. The highest BCUT2D eigenvalue weighted by molar-refractivity contribution is 5.85. The van der Waals surface area contributed by atoms with Gasteiger partial charge in [0.05, 0.1) is 0 Å². The maximum absolute atomic E-state index is 12.3. The minimum atomic E-state index is -4.45. The van der Waals surface area contributed by atoms with E-state index in [1.807, 2.05) is 5.32 Å². The highest BCUT2D eigenvalue weighted by atomic mass is 19.4. The van der Waals surface area contributed by atoms with Gasteiger partial charge in [0.1, 0.15) is 18.4 Å². The summed E-state index contributed by atoms with van der Waals surface area (Å²) >= 11 is 0. The molecule has 0 radical (unpaired) electrons. The number of nitrogens with zero attached hydrogens (tertiary/aromatic N) is 3. The van der Waals surface area contributed by atoms with Gasteiger partial charge in [-0.2, -0.15) is 13.2 Å². The highest BCUT2D eigenvalue weighted by Gasteiger charge is 2.34. The molecule has 138 valence electrons. The maximum Gasteiger partial charge on any atom is 0.405 e. The molecule has 2 N–H and O–H groups in total. The molecule has 7 nitrogen and oxygen atoms in total. The molecule has 26 heavy (non-hydrogen) atoms. The van der Waals surface area contributed by atoms with Gasteiger partial charge in [-0.1, -0.05) is 0 Å². The number of anilines is 1. The molecule has 1 amide bonds. The second kappa shape index (κ2) is 7.14. The van der Waals surface area contributed by atoms with Gasteiger partial charge in [0, 0.05) is 30.6 Å². The van der Waals surface area contributed by atoms with Gasteiger partial charge in [0.2, 0.25) is 11.5 Å². The van der Waals surface area contributed by atoms with E-state index in [0.29, 0.717) is 36.6 Å². The fourth-order valence-electron chi connectivity index (χ4n) is 2.82. The molecular formula is C16H16F3N5O2. The SMILES string of the molecule is O=C(NCC(F)(F)F)[C@H]1CCCN1c1ccnc(-c2ccc(=O)[nH]c2)n1. The summed E-state index contributed by atoms with van der Waals surface area (Å²) in [5.74, 6) is 0.120. The largest absolute Gasteiger partial charge is 0.405 e. The molecule has 0 unspecified atom stereocenters. The Kier molecular flexibility index (Phi) is 4.92. The fourth-order valence-corrected chi connectivity index (χ4v) is 2.82. The standard InChI is InChI=1S/C16H16F3N5O2/c17-16(18,19)9-22-15(26)11-2-1-7-24(11)12-5-6-20-14(23-12)10-3-4-13(25)21-8-10/h3-6,8,11H,1-2,7,9H2,(H,21,25)(H,22,26)/t11-/m1/s1. The second-order valence-electron chi connectivity index (χ2n) is 5.86. The first-order valence-electron chi connectivity index (χ1n) is 7.97. The summed E-state index contributed by atoms with van der Waals surface area (Å²) < 4.78 is 37.0. The Balaban J connectivity index is 1.79. The average molecular weight is 367 g/mol. The molecule has 1 fully saturated rings. The Bertz CT molecular complexity index is 832. The zero-order valence-corrected chi connectivity index (χ0v) is 13.6. The summed E-state index contributed by atoms with van der Waals surface area (Å²) in [6.07, 6.45) is -0.361. The lowest BCUT2D eigenvalue weighted by molar-refractivity contribution is -0.139. The van der Waals surface area contributed by atoms with Crippen molar-refractivity contribution in [3.63, 3.8) is 0 Å². The first-order chi connectivity index (χ1) is 12.3. The highest BCUT2D eigenvalue weighted by Crippen LogP contribution is 2.25. The third kappa shape index (κ3) is 4.19. The Morgan fingerprint density at radius 2 is 2.15 bits per heavy atom. The Labute approximate surface area is 146 Å². The summed E-state index contributed by atoms with van der Waals surface area (Å²) in [7, 11) is 0. The van der Waals surface area contributed by atoms with Gasteiger partial charge in [-0.3, -0.25) is 9.59 Å². The molecule has 0 bridgehead atoms. The summed E-state index contributed by atoms with van der Waals surface area (Å²) in [5, 5.41) is 1.93. The number of rotatable bonds is 4. The number of amides is 1. The van der Waals surface area contributed by atoms with Crippen molar-refractivity contribution in [3.05, 3.63) is 40.9 Å². The number of halogens is 3. The lowest BCUT2D eigenvalue weighted by atomic mass is 10.2. The number of hydrogen-bond acceptors (Lipinski definition) is 5. The second-order valence-corrected chi connectivity index (χ2v) is 5.86. The Morgan fingerprint density at radius 3 is 2.85 bits per heavy atom. The van der Waals surface area contributed by atoms with Gasteiger partial charge < -0.3 is 15.2 Å². The number of hydrogen-bond donors (Lipinski definition) is 2. The van der Waals surface area contributed by atoms with Crippen LogP contribution in [-0.4, -0.2) is 46.2 Å². The normalized spacial score (nSPS) is 17.3. The van der Waals surface area contributed by atoms with Crippen LogP contribution in [0.1, 0.15) is 12.8 Å². The lowest BCUT2D eigenvalue weighted by Gasteiger charge is -2.25. The smallest absolute Gasteiger partial charge is 0.345 e. The molecule has 1 aliphatic rings. The van der Waals surface area contributed by atoms with Gasteiger partial charge in [0.15, 0.2) is 5.82 Å². The molecule has 1 atom stereocenters. The van der Waals surface area contributed by atoms with Crippen molar-refractivity contribution in [1.82, 2.24) is 20.3 Å². The first-order valence-corrected chi connectivity index (χ1v) is 7.97. The number of carbonyl (C=O) groups is 1. The van der Waals surface area contributed by atoms with Crippen LogP contribution in [0.15, 0.2) is 35.4 Å². The summed E-state index contributed by atoms with van der Waals surface area (Å²) in [6.45, 7) is -0.852. The van der Waals surface area contributed by atoms with Crippen molar-refractivity contribution >= 4 is 11.7 Å². The molecule has 2 aromatic rings. The molecule has 0 aromatic carbocycles. The monoisotopic (exact) mass is 367 g/mol. The quantitative estimate of drug-likeness (QED) is 0.854. The first kappa shape index (κ1) is 17.9. The number of pyridine rings is 1. The Hall–Kier alpha value is -2.91. The number of H-pyrrole nitrogens is 1. The number of alkyl halides is 3. The van der Waals surface area contributed by atoms with E-state index >= 15 is 0 Å². The zero-order chi connectivity index (χ0) is 18.7. The van der Waals surface area contributed by atoms with E-state index in [9.17, 15) is 22.8 Å². The van der Waals surface area contributed by atoms with E-state index in [-0.39, 0.29) is 5.56 Å². The molecule has 3 rings (SSSR count).